The predicted octanol–water partition coefficient (Wildman–Crippen LogP) is 2.36. The summed E-state index contributed by atoms with van der Waals surface area (Å²) in [5, 5.41) is 10.7. The molecule has 7 nitrogen and oxygen atoms in total. The molecule has 0 saturated carbocycles. The zero-order valence-electron chi connectivity index (χ0n) is 11.1. The van der Waals surface area contributed by atoms with Crippen LogP contribution in [-0.4, -0.2) is 17.9 Å². The van der Waals surface area contributed by atoms with E-state index in [0.29, 0.717) is 22.8 Å². The standard InChI is InChI=1S/C14H12N2O5/c1-20-13-8-9(16(18)19)2-5-11(13)12-6-3-10(21-12)4-7-14(15)17/h2-8H,1H3,(H2,15,17)/b7-4-. The maximum absolute atomic E-state index is 10.7. The second-order valence-corrected chi connectivity index (χ2v) is 4.08. The number of amides is 1. The number of furan rings is 1. The van der Waals surface area contributed by atoms with Gasteiger partial charge in [0.1, 0.15) is 17.3 Å². The largest absolute Gasteiger partial charge is 0.496 e. The summed E-state index contributed by atoms with van der Waals surface area (Å²) in [7, 11) is 1.42. The lowest BCUT2D eigenvalue weighted by Gasteiger charge is -2.05. The van der Waals surface area contributed by atoms with Crippen LogP contribution in [0.3, 0.4) is 0 Å². The first kappa shape index (κ1) is 14.3. The molecule has 21 heavy (non-hydrogen) atoms. The summed E-state index contributed by atoms with van der Waals surface area (Å²) in [6.07, 6.45) is 2.61. The van der Waals surface area contributed by atoms with Crippen LogP contribution in [0, 0.1) is 10.1 Å². The van der Waals surface area contributed by atoms with E-state index in [9.17, 15) is 14.9 Å². The number of carbonyl (C=O) groups excluding carboxylic acids is 1. The van der Waals surface area contributed by atoms with Crippen molar-refractivity contribution in [2.24, 2.45) is 5.73 Å². The minimum absolute atomic E-state index is 0.0731. The molecule has 0 aliphatic carbocycles. The van der Waals surface area contributed by atoms with Gasteiger partial charge in [-0.2, -0.15) is 0 Å². The van der Waals surface area contributed by atoms with Gasteiger partial charge in [-0.15, -0.1) is 0 Å². The van der Waals surface area contributed by atoms with Gasteiger partial charge >= 0.3 is 0 Å². The molecule has 0 spiro atoms. The second-order valence-electron chi connectivity index (χ2n) is 4.08. The van der Waals surface area contributed by atoms with Crippen molar-refractivity contribution >= 4 is 17.7 Å². The summed E-state index contributed by atoms with van der Waals surface area (Å²) < 4.78 is 10.7. The highest BCUT2D eigenvalue weighted by Gasteiger charge is 2.14. The number of nitro groups is 1. The number of hydrogen-bond acceptors (Lipinski definition) is 5. The second kappa shape index (κ2) is 5.91. The smallest absolute Gasteiger partial charge is 0.273 e. The zero-order chi connectivity index (χ0) is 15.4. The van der Waals surface area contributed by atoms with E-state index in [1.54, 1.807) is 12.1 Å². The van der Waals surface area contributed by atoms with Crippen LogP contribution in [0.25, 0.3) is 17.4 Å². The molecule has 0 radical (unpaired) electrons. The lowest BCUT2D eigenvalue weighted by atomic mass is 10.1. The molecule has 0 bridgehead atoms. The minimum Gasteiger partial charge on any atom is -0.496 e. The Balaban J connectivity index is 2.38. The molecule has 2 aromatic rings. The fraction of sp³-hybridized carbons (Fsp3) is 0.0714. The predicted molar refractivity (Wildman–Crippen MR) is 75.6 cm³/mol. The van der Waals surface area contributed by atoms with E-state index in [0.717, 1.165) is 0 Å². The number of rotatable bonds is 5. The molecule has 1 aromatic carbocycles. The Kier molecular flexibility index (Phi) is 4.03. The van der Waals surface area contributed by atoms with Crippen molar-refractivity contribution in [3.05, 3.63) is 52.3 Å². The number of nitrogens with zero attached hydrogens (tertiary/aromatic N) is 1. The number of nitrogens with two attached hydrogens (primary N) is 1. The summed E-state index contributed by atoms with van der Waals surface area (Å²) in [5.41, 5.74) is 5.50. The molecule has 108 valence electrons. The Hall–Kier alpha value is -3.09. The van der Waals surface area contributed by atoms with Crippen LogP contribution in [-0.2, 0) is 4.79 Å². The van der Waals surface area contributed by atoms with Crippen molar-refractivity contribution in [3.63, 3.8) is 0 Å². The molecule has 2 rings (SSSR count). The van der Waals surface area contributed by atoms with Gasteiger partial charge in [0.25, 0.3) is 5.69 Å². The molecule has 2 N–H and O–H groups in total. The van der Waals surface area contributed by atoms with Crippen LogP contribution in [0.4, 0.5) is 5.69 Å². The molecular weight excluding hydrogens is 276 g/mol. The van der Waals surface area contributed by atoms with Gasteiger partial charge in [-0.3, -0.25) is 14.9 Å². The van der Waals surface area contributed by atoms with Crippen molar-refractivity contribution in [1.82, 2.24) is 0 Å². The summed E-state index contributed by atoms with van der Waals surface area (Å²) in [6, 6.07) is 7.54. The lowest BCUT2D eigenvalue weighted by Crippen LogP contribution is -2.04. The Bertz CT molecular complexity index is 718. The maximum Gasteiger partial charge on any atom is 0.273 e. The number of hydrogen-bond donors (Lipinski definition) is 1. The summed E-state index contributed by atoms with van der Waals surface area (Å²) in [4.78, 5) is 20.9. The van der Waals surface area contributed by atoms with Crippen LogP contribution < -0.4 is 10.5 Å². The normalized spacial score (nSPS) is 10.7. The monoisotopic (exact) mass is 288 g/mol. The van der Waals surface area contributed by atoms with Crippen molar-refractivity contribution in [3.8, 4) is 17.1 Å². The number of non-ortho nitro benzene ring substituents is 1. The van der Waals surface area contributed by atoms with Crippen LogP contribution in [0.15, 0.2) is 40.8 Å². The van der Waals surface area contributed by atoms with Crippen LogP contribution in [0.2, 0.25) is 0 Å². The van der Waals surface area contributed by atoms with Gasteiger partial charge < -0.3 is 14.9 Å². The van der Waals surface area contributed by atoms with E-state index in [1.165, 1.54) is 37.5 Å². The first-order valence-electron chi connectivity index (χ1n) is 5.91. The van der Waals surface area contributed by atoms with Gasteiger partial charge in [0.05, 0.1) is 23.7 Å². The first-order valence-corrected chi connectivity index (χ1v) is 5.91. The van der Waals surface area contributed by atoms with E-state index in [2.05, 4.69) is 0 Å². The van der Waals surface area contributed by atoms with Crippen LogP contribution in [0.5, 0.6) is 5.75 Å². The molecule has 1 aromatic heterocycles. The molecule has 1 amide bonds. The highest BCUT2D eigenvalue weighted by atomic mass is 16.6. The summed E-state index contributed by atoms with van der Waals surface area (Å²) in [6.45, 7) is 0. The van der Waals surface area contributed by atoms with Gasteiger partial charge in [0, 0.05) is 12.1 Å². The zero-order valence-corrected chi connectivity index (χ0v) is 11.1. The average molecular weight is 288 g/mol. The van der Waals surface area contributed by atoms with Crippen molar-refractivity contribution in [1.29, 1.82) is 0 Å². The quantitative estimate of drug-likeness (QED) is 0.516. The highest BCUT2D eigenvalue weighted by Crippen LogP contribution is 2.34. The summed E-state index contributed by atoms with van der Waals surface area (Å²) in [5.74, 6) is 0.639. The molecule has 7 heteroatoms. The van der Waals surface area contributed by atoms with E-state index >= 15 is 0 Å². The number of ether oxygens (including phenoxy) is 1. The van der Waals surface area contributed by atoms with Gasteiger partial charge in [-0.1, -0.05) is 0 Å². The van der Waals surface area contributed by atoms with Crippen molar-refractivity contribution in [2.75, 3.05) is 7.11 Å². The Morgan fingerprint density at radius 2 is 2.14 bits per heavy atom. The fourth-order valence-electron chi connectivity index (χ4n) is 1.75. The molecule has 0 saturated heterocycles. The topological polar surface area (TPSA) is 109 Å². The third-order valence-corrected chi connectivity index (χ3v) is 2.70. The Labute approximate surface area is 119 Å². The van der Waals surface area contributed by atoms with Gasteiger partial charge in [-0.05, 0) is 24.3 Å². The minimum atomic E-state index is -0.583. The molecular formula is C14H12N2O5. The van der Waals surface area contributed by atoms with E-state index in [4.69, 9.17) is 14.9 Å². The average Bonchev–Trinajstić information content (AvgIpc) is 2.93. The number of nitro benzene ring substituents is 1. The number of carbonyl (C=O) groups is 1. The van der Waals surface area contributed by atoms with Crippen molar-refractivity contribution < 1.29 is 18.9 Å². The lowest BCUT2D eigenvalue weighted by molar-refractivity contribution is -0.384. The number of benzene rings is 1. The molecule has 0 atom stereocenters. The van der Waals surface area contributed by atoms with Gasteiger partial charge in [-0.25, -0.2) is 0 Å². The molecule has 0 unspecified atom stereocenters. The Morgan fingerprint density at radius 1 is 1.38 bits per heavy atom. The van der Waals surface area contributed by atoms with Gasteiger partial charge in [0.15, 0.2) is 0 Å². The van der Waals surface area contributed by atoms with Gasteiger partial charge in [0.2, 0.25) is 5.91 Å². The fourth-order valence-corrected chi connectivity index (χ4v) is 1.75. The maximum atomic E-state index is 10.7. The van der Waals surface area contributed by atoms with Crippen molar-refractivity contribution in [2.45, 2.75) is 0 Å². The molecule has 0 aliphatic rings. The SMILES string of the molecule is COc1cc([N+](=O)[O-])ccc1-c1ccc(/C=C\C(N)=O)o1. The molecule has 0 aliphatic heterocycles. The summed E-state index contributed by atoms with van der Waals surface area (Å²) >= 11 is 0. The first-order chi connectivity index (χ1) is 10.0. The third-order valence-electron chi connectivity index (χ3n) is 2.70. The highest BCUT2D eigenvalue weighted by molar-refractivity contribution is 5.90. The molecule has 1 heterocycles. The number of primary amides is 1. The van der Waals surface area contributed by atoms with Crippen LogP contribution >= 0.6 is 0 Å². The number of methoxy groups -OCH3 is 1. The van der Waals surface area contributed by atoms with E-state index in [1.807, 2.05) is 0 Å². The molecule has 0 fully saturated rings. The Morgan fingerprint density at radius 3 is 2.76 bits per heavy atom. The van der Waals surface area contributed by atoms with E-state index in [-0.39, 0.29) is 5.69 Å². The third kappa shape index (κ3) is 3.27. The van der Waals surface area contributed by atoms with Crippen LogP contribution in [0.1, 0.15) is 5.76 Å². The van der Waals surface area contributed by atoms with E-state index < -0.39 is 10.8 Å².